The molecule has 0 aliphatic carbocycles. The average molecular weight is 249 g/mol. The first-order chi connectivity index (χ1) is 8.25. The predicted molar refractivity (Wildman–Crippen MR) is 67.1 cm³/mol. The molecule has 2 aromatic heterocycles. The summed E-state index contributed by atoms with van der Waals surface area (Å²) in [6.07, 6.45) is 0. The Kier molecular flexibility index (Phi) is 2.72. The number of hydrogen-bond acceptors (Lipinski definition) is 5. The van der Waals surface area contributed by atoms with Gasteiger partial charge in [0.25, 0.3) is 0 Å². The SMILES string of the molecule is Cc1cscc1-c1noc(C2CNCC2C)n1. The van der Waals surface area contributed by atoms with Gasteiger partial charge in [0.15, 0.2) is 0 Å². The van der Waals surface area contributed by atoms with Crippen LogP contribution in [-0.4, -0.2) is 23.2 Å². The molecule has 1 N–H and O–H groups in total. The summed E-state index contributed by atoms with van der Waals surface area (Å²) in [6, 6.07) is 0. The maximum atomic E-state index is 5.40. The van der Waals surface area contributed by atoms with Gasteiger partial charge in [-0.25, -0.2) is 0 Å². The molecule has 4 nitrogen and oxygen atoms in total. The summed E-state index contributed by atoms with van der Waals surface area (Å²) in [7, 11) is 0. The van der Waals surface area contributed by atoms with Crippen LogP contribution in [0.3, 0.4) is 0 Å². The van der Waals surface area contributed by atoms with Crippen LogP contribution in [0, 0.1) is 12.8 Å². The third-order valence-electron chi connectivity index (χ3n) is 3.37. The van der Waals surface area contributed by atoms with E-state index in [0.29, 0.717) is 11.8 Å². The van der Waals surface area contributed by atoms with E-state index in [1.807, 2.05) is 0 Å². The molecule has 0 bridgehead atoms. The molecule has 0 saturated carbocycles. The summed E-state index contributed by atoms with van der Waals surface area (Å²) >= 11 is 1.67. The van der Waals surface area contributed by atoms with E-state index >= 15 is 0 Å². The zero-order valence-electron chi connectivity index (χ0n) is 9.93. The number of thiophene rings is 1. The van der Waals surface area contributed by atoms with E-state index < -0.39 is 0 Å². The van der Waals surface area contributed by atoms with Gasteiger partial charge < -0.3 is 9.84 Å². The van der Waals surface area contributed by atoms with Crippen LogP contribution in [0.5, 0.6) is 0 Å². The summed E-state index contributed by atoms with van der Waals surface area (Å²) in [6.45, 7) is 6.25. The van der Waals surface area contributed by atoms with Gasteiger partial charge in [-0.3, -0.25) is 0 Å². The van der Waals surface area contributed by atoms with Gasteiger partial charge in [0, 0.05) is 17.5 Å². The maximum absolute atomic E-state index is 5.40. The molecule has 5 heteroatoms. The van der Waals surface area contributed by atoms with Gasteiger partial charge in [-0.2, -0.15) is 16.3 Å². The zero-order chi connectivity index (χ0) is 11.8. The molecule has 0 spiro atoms. The second kappa shape index (κ2) is 4.23. The van der Waals surface area contributed by atoms with Crippen LogP contribution >= 0.6 is 11.3 Å². The third kappa shape index (κ3) is 1.89. The highest BCUT2D eigenvalue weighted by Gasteiger charge is 2.29. The largest absolute Gasteiger partial charge is 0.339 e. The Balaban J connectivity index is 1.90. The molecule has 0 radical (unpaired) electrons. The maximum Gasteiger partial charge on any atom is 0.231 e. The number of nitrogens with zero attached hydrogens (tertiary/aromatic N) is 2. The lowest BCUT2D eigenvalue weighted by atomic mass is 9.98. The van der Waals surface area contributed by atoms with Crippen molar-refractivity contribution in [2.45, 2.75) is 19.8 Å². The Morgan fingerprint density at radius 3 is 2.94 bits per heavy atom. The van der Waals surface area contributed by atoms with E-state index in [1.54, 1.807) is 11.3 Å². The molecule has 2 unspecified atom stereocenters. The number of rotatable bonds is 2. The Morgan fingerprint density at radius 1 is 1.41 bits per heavy atom. The lowest BCUT2D eigenvalue weighted by molar-refractivity contribution is 0.340. The fourth-order valence-corrected chi connectivity index (χ4v) is 3.05. The molecule has 1 aliphatic heterocycles. The standard InChI is InChI=1S/C12H15N3OS/c1-7-3-13-4-9(7)12-14-11(15-16-12)10-6-17-5-8(10)2/h5-7,9,13H,3-4H2,1-2H3. The molecule has 1 saturated heterocycles. The molecule has 3 heterocycles. The van der Waals surface area contributed by atoms with Crippen LogP contribution in [0.25, 0.3) is 11.4 Å². The van der Waals surface area contributed by atoms with Crippen molar-refractivity contribution >= 4 is 11.3 Å². The quantitative estimate of drug-likeness (QED) is 0.888. The highest BCUT2D eigenvalue weighted by atomic mass is 32.1. The van der Waals surface area contributed by atoms with Crippen LogP contribution in [0.4, 0.5) is 0 Å². The number of hydrogen-bond donors (Lipinski definition) is 1. The molecule has 17 heavy (non-hydrogen) atoms. The lowest BCUT2D eigenvalue weighted by Gasteiger charge is -2.07. The smallest absolute Gasteiger partial charge is 0.231 e. The van der Waals surface area contributed by atoms with Gasteiger partial charge in [0.2, 0.25) is 11.7 Å². The zero-order valence-corrected chi connectivity index (χ0v) is 10.8. The minimum absolute atomic E-state index is 0.357. The van der Waals surface area contributed by atoms with E-state index in [1.165, 1.54) is 5.56 Å². The van der Waals surface area contributed by atoms with Gasteiger partial charge in [-0.05, 0) is 30.3 Å². The van der Waals surface area contributed by atoms with E-state index in [9.17, 15) is 0 Å². The first kappa shape index (κ1) is 10.9. The normalized spacial score (nSPS) is 24.4. The van der Waals surface area contributed by atoms with E-state index in [-0.39, 0.29) is 0 Å². The highest BCUT2D eigenvalue weighted by molar-refractivity contribution is 7.08. The first-order valence-corrected chi connectivity index (χ1v) is 6.77. The van der Waals surface area contributed by atoms with Crippen molar-refractivity contribution in [3.63, 3.8) is 0 Å². The van der Waals surface area contributed by atoms with Gasteiger partial charge in [-0.1, -0.05) is 12.1 Å². The summed E-state index contributed by atoms with van der Waals surface area (Å²) in [5, 5.41) is 11.6. The van der Waals surface area contributed by atoms with Crippen LogP contribution in [0.2, 0.25) is 0 Å². The van der Waals surface area contributed by atoms with E-state index in [4.69, 9.17) is 4.52 Å². The number of aromatic nitrogens is 2. The van der Waals surface area contributed by atoms with Crippen molar-refractivity contribution in [1.82, 2.24) is 15.5 Å². The molecule has 0 amide bonds. The summed E-state index contributed by atoms with van der Waals surface area (Å²) in [5.41, 5.74) is 2.29. The lowest BCUT2D eigenvalue weighted by Crippen LogP contribution is -2.08. The highest BCUT2D eigenvalue weighted by Crippen LogP contribution is 2.29. The Morgan fingerprint density at radius 2 is 2.29 bits per heavy atom. The first-order valence-electron chi connectivity index (χ1n) is 5.83. The predicted octanol–water partition coefficient (Wildman–Crippen LogP) is 2.43. The second-order valence-corrected chi connectivity index (χ2v) is 5.41. The Bertz CT molecular complexity index is 519. The van der Waals surface area contributed by atoms with Gasteiger partial charge in [-0.15, -0.1) is 0 Å². The van der Waals surface area contributed by atoms with Gasteiger partial charge in [0.05, 0.1) is 5.92 Å². The van der Waals surface area contributed by atoms with E-state index in [0.717, 1.165) is 30.4 Å². The average Bonchev–Trinajstić information content (AvgIpc) is 2.97. The molecule has 1 fully saturated rings. The minimum Gasteiger partial charge on any atom is -0.339 e. The molecular formula is C12H15N3OS. The Hall–Kier alpha value is -1.20. The summed E-state index contributed by atoms with van der Waals surface area (Å²) in [4.78, 5) is 4.53. The molecule has 0 aromatic carbocycles. The van der Waals surface area contributed by atoms with Crippen molar-refractivity contribution in [3.05, 3.63) is 22.2 Å². The van der Waals surface area contributed by atoms with Gasteiger partial charge >= 0.3 is 0 Å². The van der Waals surface area contributed by atoms with E-state index in [2.05, 4.69) is 40.1 Å². The molecule has 1 aliphatic rings. The topological polar surface area (TPSA) is 51.0 Å². The Labute approximate surface area is 104 Å². The van der Waals surface area contributed by atoms with Crippen molar-refractivity contribution in [2.75, 3.05) is 13.1 Å². The minimum atomic E-state index is 0.357. The number of aryl methyl sites for hydroxylation is 1. The second-order valence-electron chi connectivity index (χ2n) is 4.67. The molecule has 2 atom stereocenters. The third-order valence-corrected chi connectivity index (χ3v) is 4.23. The van der Waals surface area contributed by atoms with Crippen LogP contribution in [0.15, 0.2) is 15.3 Å². The molecule has 2 aromatic rings. The van der Waals surface area contributed by atoms with Crippen molar-refractivity contribution in [1.29, 1.82) is 0 Å². The van der Waals surface area contributed by atoms with Crippen molar-refractivity contribution in [2.24, 2.45) is 5.92 Å². The fourth-order valence-electron chi connectivity index (χ4n) is 2.23. The van der Waals surface area contributed by atoms with Crippen molar-refractivity contribution < 1.29 is 4.52 Å². The molecule has 3 rings (SSSR count). The van der Waals surface area contributed by atoms with Crippen LogP contribution in [-0.2, 0) is 0 Å². The van der Waals surface area contributed by atoms with Gasteiger partial charge in [0.1, 0.15) is 0 Å². The fraction of sp³-hybridized carbons (Fsp3) is 0.500. The molecular weight excluding hydrogens is 234 g/mol. The number of nitrogens with one attached hydrogen (secondary N) is 1. The monoisotopic (exact) mass is 249 g/mol. The molecule has 90 valence electrons. The van der Waals surface area contributed by atoms with Crippen molar-refractivity contribution in [3.8, 4) is 11.4 Å². The van der Waals surface area contributed by atoms with Crippen LogP contribution < -0.4 is 5.32 Å². The summed E-state index contributed by atoms with van der Waals surface area (Å²) in [5.74, 6) is 2.41. The summed E-state index contributed by atoms with van der Waals surface area (Å²) < 4.78 is 5.40. The van der Waals surface area contributed by atoms with Crippen LogP contribution in [0.1, 0.15) is 24.3 Å².